The fourth-order valence-corrected chi connectivity index (χ4v) is 2.18. The summed E-state index contributed by atoms with van der Waals surface area (Å²) in [5.74, 6) is 0.390. The van der Waals surface area contributed by atoms with E-state index in [0.29, 0.717) is 17.0 Å². The lowest BCUT2D eigenvalue weighted by Crippen LogP contribution is -2.10. The van der Waals surface area contributed by atoms with Gasteiger partial charge in [0.05, 0.1) is 12.7 Å². The normalized spacial score (nSPS) is 11.5. The van der Waals surface area contributed by atoms with Gasteiger partial charge in [0.25, 0.3) is 0 Å². The van der Waals surface area contributed by atoms with Crippen LogP contribution in [0, 0.1) is 13.8 Å². The summed E-state index contributed by atoms with van der Waals surface area (Å²) in [6.07, 6.45) is -3.49. The van der Waals surface area contributed by atoms with Gasteiger partial charge in [0.1, 0.15) is 11.4 Å². The van der Waals surface area contributed by atoms with Crippen molar-refractivity contribution in [2.45, 2.75) is 20.0 Å². The summed E-state index contributed by atoms with van der Waals surface area (Å²) in [5, 5.41) is 3.50. The van der Waals surface area contributed by atoms with Crippen molar-refractivity contribution >= 4 is 6.29 Å². The summed E-state index contributed by atoms with van der Waals surface area (Å²) >= 11 is 0. The quantitative estimate of drug-likeness (QED) is 0.816. The van der Waals surface area contributed by atoms with Gasteiger partial charge in [0, 0.05) is 6.20 Å². The van der Waals surface area contributed by atoms with Gasteiger partial charge in [-0.25, -0.2) is 4.68 Å². The zero-order chi connectivity index (χ0) is 15.8. The first-order valence-electron chi connectivity index (χ1n) is 6.05. The Kier molecular flexibility index (Phi) is 3.76. The first kappa shape index (κ1) is 15.1. The molecule has 0 aliphatic carbocycles. The molecule has 0 spiro atoms. The highest BCUT2D eigenvalue weighted by molar-refractivity contribution is 5.76. The van der Waals surface area contributed by atoms with E-state index in [2.05, 4.69) is 5.10 Å². The third kappa shape index (κ3) is 2.76. The third-order valence-electron chi connectivity index (χ3n) is 3.00. The number of hydrogen-bond acceptors (Lipinski definition) is 3. The number of carbonyl (C=O) groups is 1. The molecule has 4 nitrogen and oxygen atoms in total. The van der Waals surface area contributed by atoms with E-state index >= 15 is 0 Å². The fraction of sp³-hybridized carbons (Fsp3) is 0.286. The third-order valence-corrected chi connectivity index (χ3v) is 3.00. The van der Waals surface area contributed by atoms with E-state index in [1.54, 1.807) is 19.1 Å². The van der Waals surface area contributed by atoms with E-state index < -0.39 is 17.4 Å². The lowest BCUT2D eigenvalue weighted by molar-refractivity contribution is -0.141. The van der Waals surface area contributed by atoms with Gasteiger partial charge in [-0.3, -0.25) is 4.79 Å². The number of aldehydes is 1. The molecule has 0 saturated heterocycles. The van der Waals surface area contributed by atoms with E-state index in [9.17, 15) is 18.0 Å². The van der Waals surface area contributed by atoms with E-state index in [4.69, 9.17) is 4.74 Å². The van der Waals surface area contributed by atoms with Crippen molar-refractivity contribution in [2.24, 2.45) is 0 Å². The van der Waals surface area contributed by atoms with Gasteiger partial charge in [-0.1, -0.05) is 6.07 Å². The van der Waals surface area contributed by atoms with Crippen LogP contribution < -0.4 is 4.74 Å². The molecule has 0 bridgehead atoms. The highest BCUT2D eigenvalue weighted by Gasteiger charge is 2.37. The maximum absolute atomic E-state index is 12.8. The average molecular weight is 298 g/mol. The van der Waals surface area contributed by atoms with Crippen molar-refractivity contribution in [3.63, 3.8) is 0 Å². The largest absolute Gasteiger partial charge is 0.494 e. The van der Waals surface area contributed by atoms with Gasteiger partial charge in [0.2, 0.25) is 0 Å². The SMILES string of the molecule is COc1cc(C)cc(C)c1-n1cc(C=O)c(C(F)(F)F)n1. The van der Waals surface area contributed by atoms with Crippen LogP contribution in [0.1, 0.15) is 27.2 Å². The topological polar surface area (TPSA) is 44.1 Å². The minimum absolute atomic E-state index is 0.141. The van der Waals surface area contributed by atoms with Gasteiger partial charge >= 0.3 is 6.18 Å². The van der Waals surface area contributed by atoms with Crippen LogP contribution in [0.4, 0.5) is 13.2 Å². The number of benzene rings is 1. The first-order valence-corrected chi connectivity index (χ1v) is 6.05. The van der Waals surface area contributed by atoms with Gasteiger partial charge in [0.15, 0.2) is 12.0 Å². The van der Waals surface area contributed by atoms with E-state index in [-0.39, 0.29) is 6.29 Å². The smallest absolute Gasteiger partial charge is 0.435 e. The maximum Gasteiger partial charge on any atom is 0.435 e. The Morgan fingerprint density at radius 3 is 2.43 bits per heavy atom. The summed E-state index contributed by atoms with van der Waals surface area (Å²) in [6, 6.07) is 3.49. The van der Waals surface area contributed by atoms with E-state index in [1.165, 1.54) is 7.11 Å². The van der Waals surface area contributed by atoms with Crippen LogP contribution in [0.2, 0.25) is 0 Å². The second-order valence-electron chi connectivity index (χ2n) is 4.63. The van der Waals surface area contributed by atoms with Gasteiger partial charge in [-0.05, 0) is 31.0 Å². The Morgan fingerprint density at radius 2 is 1.95 bits per heavy atom. The number of rotatable bonds is 3. The summed E-state index contributed by atoms with van der Waals surface area (Å²) in [4.78, 5) is 10.8. The molecule has 1 aromatic heterocycles. The molecule has 0 radical (unpaired) electrons. The molecule has 2 rings (SSSR count). The van der Waals surface area contributed by atoms with Crippen LogP contribution in [0.3, 0.4) is 0 Å². The Morgan fingerprint density at radius 1 is 1.29 bits per heavy atom. The summed E-state index contributed by atoms with van der Waals surface area (Å²) in [6.45, 7) is 3.58. The molecule has 112 valence electrons. The maximum atomic E-state index is 12.8. The van der Waals surface area contributed by atoms with Gasteiger partial charge in [-0.2, -0.15) is 18.3 Å². The fourth-order valence-electron chi connectivity index (χ4n) is 2.18. The van der Waals surface area contributed by atoms with Crippen molar-refractivity contribution in [3.05, 3.63) is 40.7 Å². The standard InChI is InChI=1S/C14H13F3N2O2/c1-8-4-9(2)12(11(5-8)21-3)19-6-10(7-20)13(18-19)14(15,16)17/h4-7H,1-3H3. The Labute approximate surface area is 119 Å². The second-order valence-corrected chi connectivity index (χ2v) is 4.63. The number of carbonyl (C=O) groups excluding carboxylic acids is 1. The van der Waals surface area contributed by atoms with Gasteiger partial charge < -0.3 is 4.74 Å². The molecule has 0 atom stereocenters. The lowest BCUT2D eigenvalue weighted by Gasteiger charge is -2.13. The molecule has 0 fully saturated rings. The highest BCUT2D eigenvalue weighted by atomic mass is 19.4. The molecule has 0 amide bonds. The highest BCUT2D eigenvalue weighted by Crippen LogP contribution is 2.33. The van der Waals surface area contributed by atoms with Crippen LogP contribution in [-0.2, 0) is 6.18 Å². The molecular weight excluding hydrogens is 285 g/mol. The predicted molar refractivity (Wildman–Crippen MR) is 70.0 cm³/mol. The number of nitrogens with zero attached hydrogens (tertiary/aromatic N) is 2. The van der Waals surface area contributed by atoms with Crippen LogP contribution in [0.25, 0.3) is 5.69 Å². The number of aryl methyl sites for hydroxylation is 2. The Bertz CT molecular complexity index is 690. The number of ether oxygens (including phenoxy) is 1. The monoisotopic (exact) mass is 298 g/mol. The van der Waals surface area contributed by atoms with Crippen LogP contribution in [0.5, 0.6) is 5.75 Å². The summed E-state index contributed by atoms with van der Waals surface area (Å²) in [5.41, 5.74) is 0.262. The molecular formula is C14H13F3N2O2. The molecule has 0 aliphatic rings. The first-order chi connectivity index (χ1) is 9.77. The molecule has 2 aromatic rings. The summed E-state index contributed by atoms with van der Waals surface area (Å²) in [7, 11) is 1.42. The molecule has 0 N–H and O–H groups in total. The molecule has 1 heterocycles. The average Bonchev–Trinajstić information content (AvgIpc) is 2.81. The molecule has 0 saturated carbocycles. The minimum atomic E-state index is -4.69. The van der Waals surface area contributed by atoms with E-state index in [0.717, 1.165) is 16.4 Å². The van der Waals surface area contributed by atoms with Crippen molar-refractivity contribution < 1.29 is 22.7 Å². The molecule has 0 aliphatic heterocycles. The molecule has 7 heteroatoms. The summed E-state index contributed by atoms with van der Waals surface area (Å²) < 4.78 is 44.8. The zero-order valence-corrected chi connectivity index (χ0v) is 11.7. The molecule has 1 aromatic carbocycles. The lowest BCUT2D eigenvalue weighted by atomic mass is 10.1. The van der Waals surface area contributed by atoms with Crippen molar-refractivity contribution in [3.8, 4) is 11.4 Å². The van der Waals surface area contributed by atoms with E-state index in [1.807, 2.05) is 6.92 Å². The second kappa shape index (κ2) is 5.23. The number of alkyl halides is 3. The predicted octanol–water partition coefficient (Wildman–Crippen LogP) is 3.33. The van der Waals surface area contributed by atoms with Crippen molar-refractivity contribution in [1.29, 1.82) is 0 Å². The minimum Gasteiger partial charge on any atom is -0.494 e. The van der Waals surface area contributed by atoms with Gasteiger partial charge in [-0.15, -0.1) is 0 Å². The molecule has 21 heavy (non-hydrogen) atoms. The van der Waals surface area contributed by atoms with Crippen LogP contribution in [0.15, 0.2) is 18.3 Å². The number of hydrogen-bond donors (Lipinski definition) is 0. The van der Waals surface area contributed by atoms with Crippen molar-refractivity contribution in [1.82, 2.24) is 9.78 Å². The number of methoxy groups -OCH3 is 1. The van der Waals surface area contributed by atoms with Crippen LogP contribution >= 0.6 is 0 Å². The van der Waals surface area contributed by atoms with Crippen LogP contribution in [-0.4, -0.2) is 23.2 Å². The van der Waals surface area contributed by atoms with Crippen molar-refractivity contribution in [2.75, 3.05) is 7.11 Å². The zero-order valence-electron chi connectivity index (χ0n) is 11.7. The Balaban J connectivity index is 2.69. The Hall–Kier alpha value is -2.31. The number of halogens is 3. The molecule has 0 unspecified atom stereocenters. The number of aromatic nitrogens is 2.